The third-order valence-electron chi connectivity index (χ3n) is 4.53. The predicted octanol–water partition coefficient (Wildman–Crippen LogP) is 1.72. The number of hydrogen-bond acceptors (Lipinski definition) is 4. The summed E-state index contributed by atoms with van der Waals surface area (Å²) in [7, 11) is 0. The summed E-state index contributed by atoms with van der Waals surface area (Å²) in [5.74, 6) is -0.734. The van der Waals surface area contributed by atoms with E-state index >= 15 is 0 Å². The molecule has 25 heavy (non-hydrogen) atoms. The van der Waals surface area contributed by atoms with Gasteiger partial charge in [-0.2, -0.15) is 0 Å². The Morgan fingerprint density at radius 2 is 1.80 bits per heavy atom. The van der Waals surface area contributed by atoms with Crippen molar-refractivity contribution in [1.29, 1.82) is 0 Å². The second kappa shape index (κ2) is 7.29. The van der Waals surface area contributed by atoms with Gasteiger partial charge in [-0.05, 0) is 37.8 Å². The van der Waals surface area contributed by atoms with Gasteiger partial charge in [0.25, 0.3) is 5.91 Å². The number of primary amides is 1. The standard InChI is InChI=1S/C18H20N4O3/c19-18(25)22-16(23)11-5-7-14(8-6-11)21-17(24)13-9-12-3-1-2-4-15(12)20-10-13/h1-4,9-11,14H,5-8H2,(H,21,24)(H3,19,22,23,25). The van der Waals surface area contributed by atoms with E-state index in [1.54, 1.807) is 6.20 Å². The number of pyridine rings is 1. The highest BCUT2D eigenvalue weighted by atomic mass is 16.2. The number of rotatable bonds is 3. The van der Waals surface area contributed by atoms with Crippen LogP contribution in [0.15, 0.2) is 36.5 Å². The molecule has 1 aliphatic rings. The molecule has 1 heterocycles. The molecule has 1 saturated carbocycles. The van der Waals surface area contributed by atoms with Crippen LogP contribution in [0, 0.1) is 5.92 Å². The number of amides is 4. The van der Waals surface area contributed by atoms with Gasteiger partial charge in [-0.1, -0.05) is 18.2 Å². The molecule has 1 aliphatic carbocycles. The maximum absolute atomic E-state index is 12.4. The van der Waals surface area contributed by atoms with E-state index in [0.29, 0.717) is 31.2 Å². The molecule has 130 valence electrons. The molecule has 0 radical (unpaired) electrons. The molecule has 0 aliphatic heterocycles. The summed E-state index contributed by atoms with van der Waals surface area (Å²) in [6.45, 7) is 0. The van der Waals surface area contributed by atoms with Crippen LogP contribution in [0.4, 0.5) is 4.79 Å². The number of para-hydroxylation sites is 1. The van der Waals surface area contributed by atoms with Gasteiger partial charge in [-0.15, -0.1) is 0 Å². The van der Waals surface area contributed by atoms with E-state index in [-0.39, 0.29) is 23.8 Å². The Morgan fingerprint density at radius 1 is 1.08 bits per heavy atom. The molecule has 1 aromatic heterocycles. The smallest absolute Gasteiger partial charge is 0.318 e. The maximum Gasteiger partial charge on any atom is 0.318 e. The fourth-order valence-electron chi connectivity index (χ4n) is 3.19. The molecule has 4 N–H and O–H groups in total. The van der Waals surface area contributed by atoms with Crippen LogP contribution in [0.5, 0.6) is 0 Å². The van der Waals surface area contributed by atoms with Gasteiger partial charge in [-0.3, -0.25) is 19.9 Å². The van der Waals surface area contributed by atoms with Crippen LogP contribution in [-0.4, -0.2) is 28.9 Å². The van der Waals surface area contributed by atoms with Crippen LogP contribution in [-0.2, 0) is 4.79 Å². The number of carbonyl (C=O) groups excluding carboxylic acids is 3. The van der Waals surface area contributed by atoms with E-state index in [1.807, 2.05) is 30.3 Å². The number of carbonyl (C=O) groups is 3. The molecule has 1 aromatic carbocycles. The van der Waals surface area contributed by atoms with E-state index in [2.05, 4.69) is 15.6 Å². The number of nitrogens with one attached hydrogen (secondary N) is 2. The molecule has 0 unspecified atom stereocenters. The van der Waals surface area contributed by atoms with Crippen LogP contribution < -0.4 is 16.4 Å². The first-order valence-electron chi connectivity index (χ1n) is 8.29. The molecule has 4 amide bonds. The first-order valence-corrected chi connectivity index (χ1v) is 8.29. The fourth-order valence-corrected chi connectivity index (χ4v) is 3.19. The highest BCUT2D eigenvalue weighted by Gasteiger charge is 2.27. The van der Waals surface area contributed by atoms with Crippen molar-refractivity contribution in [2.24, 2.45) is 11.7 Å². The Morgan fingerprint density at radius 3 is 2.52 bits per heavy atom. The molecule has 0 bridgehead atoms. The minimum atomic E-state index is -0.829. The molecule has 7 heteroatoms. The van der Waals surface area contributed by atoms with E-state index in [1.165, 1.54) is 0 Å². The largest absolute Gasteiger partial charge is 0.351 e. The van der Waals surface area contributed by atoms with Crippen molar-refractivity contribution in [3.63, 3.8) is 0 Å². The highest BCUT2D eigenvalue weighted by Crippen LogP contribution is 2.25. The number of hydrogen-bond donors (Lipinski definition) is 3. The highest BCUT2D eigenvalue weighted by molar-refractivity contribution is 5.97. The Kier molecular flexibility index (Phi) is 4.92. The quantitative estimate of drug-likeness (QED) is 0.789. The van der Waals surface area contributed by atoms with Crippen molar-refractivity contribution >= 4 is 28.7 Å². The van der Waals surface area contributed by atoms with Crippen molar-refractivity contribution in [1.82, 2.24) is 15.6 Å². The molecule has 3 rings (SSSR count). The summed E-state index contributed by atoms with van der Waals surface area (Å²) in [6, 6.07) is 8.63. The molecular formula is C18H20N4O3. The predicted molar refractivity (Wildman–Crippen MR) is 92.7 cm³/mol. The van der Waals surface area contributed by atoms with Crippen LogP contribution in [0.1, 0.15) is 36.0 Å². The zero-order chi connectivity index (χ0) is 17.8. The van der Waals surface area contributed by atoms with Gasteiger partial charge in [0, 0.05) is 23.5 Å². The molecular weight excluding hydrogens is 320 g/mol. The van der Waals surface area contributed by atoms with Crippen LogP contribution in [0.2, 0.25) is 0 Å². The minimum Gasteiger partial charge on any atom is -0.351 e. The van der Waals surface area contributed by atoms with Crippen LogP contribution in [0.3, 0.4) is 0 Å². The molecule has 2 aromatic rings. The van der Waals surface area contributed by atoms with Gasteiger partial charge in [0.1, 0.15) is 0 Å². The zero-order valence-corrected chi connectivity index (χ0v) is 13.7. The van der Waals surface area contributed by atoms with E-state index in [0.717, 1.165) is 10.9 Å². The SMILES string of the molecule is NC(=O)NC(=O)C1CCC(NC(=O)c2cnc3ccccc3c2)CC1. The lowest BCUT2D eigenvalue weighted by molar-refractivity contribution is -0.124. The third kappa shape index (κ3) is 4.12. The molecule has 0 atom stereocenters. The Balaban J connectivity index is 1.57. The number of urea groups is 1. The maximum atomic E-state index is 12.4. The number of nitrogens with zero attached hydrogens (tertiary/aromatic N) is 1. The molecule has 0 saturated heterocycles. The van der Waals surface area contributed by atoms with Gasteiger partial charge in [0.15, 0.2) is 0 Å². The first kappa shape index (κ1) is 16.9. The van der Waals surface area contributed by atoms with Crippen molar-refractivity contribution in [2.75, 3.05) is 0 Å². The number of benzene rings is 1. The van der Waals surface area contributed by atoms with Crippen LogP contribution >= 0.6 is 0 Å². The summed E-state index contributed by atoms with van der Waals surface area (Å²) in [5, 5.41) is 6.03. The summed E-state index contributed by atoms with van der Waals surface area (Å²) in [6.07, 6.45) is 4.16. The number of fused-ring (bicyclic) bond motifs is 1. The molecule has 7 nitrogen and oxygen atoms in total. The lowest BCUT2D eigenvalue weighted by Crippen LogP contribution is -2.43. The third-order valence-corrected chi connectivity index (χ3v) is 4.53. The van der Waals surface area contributed by atoms with Crippen molar-refractivity contribution < 1.29 is 14.4 Å². The molecule has 1 fully saturated rings. The fraction of sp³-hybridized carbons (Fsp3) is 0.333. The van der Waals surface area contributed by atoms with E-state index in [9.17, 15) is 14.4 Å². The molecule has 0 spiro atoms. The summed E-state index contributed by atoms with van der Waals surface area (Å²) >= 11 is 0. The van der Waals surface area contributed by atoms with E-state index in [4.69, 9.17) is 5.73 Å². The number of imide groups is 1. The summed E-state index contributed by atoms with van der Waals surface area (Å²) in [5.41, 5.74) is 6.33. The van der Waals surface area contributed by atoms with Gasteiger partial charge in [0.05, 0.1) is 11.1 Å². The zero-order valence-electron chi connectivity index (χ0n) is 13.7. The first-order chi connectivity index (χ1) is 12.0. The van der Waals surface area contributed by atoms with Crippen LogP contribution in [0.25, 0.3) is 10.9 Å². The second-order valence-electron chi connectivity index (χ2n) is 6.29. The monoisotopic (exact) mass is 340 g/mol. The number of nitrogens with two attached hydrogens (primary N) is 1. The van der Waals surface area contributed by atoms with Crippen molar-refractivity contribution in [3.05, 3.63) is 42.1 Å². The topological polar surface area (TPSA) is 114 Å². The Bertz CT molecular complexity index is 813. The van der Waals surface area contributed by atoms with E-state index < -0.39 is 6.03 Å². The minimum absolute atomic E-state index is 0.0107. The van der Waals surface area contributed by atoms with Gasteiger partial charge in [-0.25, -0.2) is 4.79 Å². The Hall–Kier alpha value is -2.96. The Labute approximate surface area is 145 Å². The van der Waals surface area contributed by atoms with Gasteiger partial charge in [0.2, 0.25) is 5.91 Å². The average molecular weight is 340 g/mol. The number of aromatic nitrogens is 1. The van der Waals surface area contributed by atoms with Gasteiger partial charge < -0.3 is 11.1 Å². The van der Waals surface area contributed by atoms with Crippen molar-refractivity contribution in [2.45, 2.75) is 31.7 Å². The van der Waals surface area contributed by atoms with Crippen molar-refractivity contribution in [3.8, 4) is 0 Å². The normalized spacial score (nSPS) is 20.0. The lowest BCUT2D eigenvalue weighted by atomic mass is 9.85. The van der Waals surface area contributed by atoms with Gasteiger partial charge >= 0.3 is 6.03 Å². The lowest BCUT2D eigenvalue weighted by Gasteiger charge is -2.28. The average Bonchev–Trinajstić information content (AvgIpc) is 2.61. The summed E-state index contributed by atoms with van der Waals surface area (Å²) < 4.78 is 0. The second-order valence-corrected chi connectivity index (χ2v) is 6.29. The summed E-state index contributed by atoms with van der Waals surface area (Å²) in [4.78, 5) is 39.2.